The van der Waals surface area contributed by atoms with Crippen molar-refractivity contribution in [3.63, 3.8) is 0 Å². The molecular weight excluding hydrogens is 428 g/mol. The molecule has 0 aromatic heterocycles. The number of ether oxygens (including phenoxy) is 2. The fourth-order valence-corrected chi connectivity index (χ4v) is 4.60. The van der Waals surface area contributed by atoms with Crippen molar-refractivity contribution in [3.05, 3.63) is 81.8 Å². The lowest BCUT2D eigenvalue weighted by atomic mass is 9.76. The molecule has 0 unspecified atom stereocenters. The topological polar surface area (TPSA) is 112 Å². The van der Waals surface area contributed by atoms with E-state index in [1.807, 2.05) is 37.3 Å². The van der Waals surface area contributed by atoms with E-state index in [0.717, 1.165) is 29.7 Å². The van der Waals surface area contributed by atoms with Crippen LogP contribution in [0.4, 0.5) is 0 Å². The highest BCUT2D eigenvalue weighted by Crippen LogP contribution is 2.45. The van der Waals surface area contributed by atoms with Gasteiger partial charge in [0.2, 0.25) is 0 Å². The molecule has 0 spiro atoms. The number of ketones is 1. The average molecular weight is 455 g/mol. The van der Waals surface area contributed by atoms with Crippen molar-refractivity contribution in [2.45, 2.75) is 38.7 Å². The van der Waals surface area contributed by atoms with E-state index in [0.29, 0.717) is 47.1 Å². The van der Waals surface area contributed by atoms with Crippen LogP contribution in [0.25, 0.3) is 0 Å². The van der Waals surface area contributed by atoms with Gasteiger partial charge >= 0.3 is 0 Å². The quantitative estimate of drug-likeness (QED) is 0.694. The second-order valence-electron chi connectivity index (χ2n) is 8.24. The summed E-state index contributed by atoms with van der Waals surface area (Å²) >= 11 is 0. The number of hydrogen-bond acceptors (Lipinski definition) is 7. The first-order valence-electron chi connectivity index (χ1n) is 11.3. The molecule has 1 aliphatic heterocycles. The van der Waals surface area contributed by atoms with Gasteiger partial charge in [0, 0.05) is 30.3 Å². The van der Waals surface area contributed by atoms with Gasteiger partial charge in [-0.05, 0) is 43.5 Å². The molecule has 0 fully saturated rings. The van der Waals surface area contributed by atoms with Crippen molar-refractivity contribution >= 4 is 5.78 Å². The molecule has 0 amide bonds. The van der Waals surface area contributed by atoms with E-state index in [2.05, 4.69) is 12.1 Å². The predicted octanol–water partition coefficient (Wildman–Crippen LogP) is 4.27. The first-order chi connectivity index (χ1) is 16.5. The second-order valence-corrected chi connectivity index (χ2v) is 8.24. The molecule has 0 saturated heterocycles. The Balaban J connectivity index is 1.73. The maximum atomic E-state index is 13.0. The standard InChI is InChI=1S/C27H26N4O3/c1-3-33-24-13-17(11-12-23(24)34-16-19-8-5-4-7-18(19)14-28)25-20(15-29)27(30)31(2)21-9-6-10-22(32)26(21)25/h4-5,7-8,11-13,25H,3,6,9-10,16,30H2,1-2H3/t25-/m0/s1. The SMILES string of the molecule is CCOc1cc([C@H]2C(C#N)=C(N)N(C)C3=C2C(=O)CCC3)ccc1OCc1ccccc1C#N. The first-order valence-corrected chi connectivity index (χ1v) is 11.3. The Hall–Kier alpha value is -4.23. The number of nitriles is 2. The van der Waals surface area contributed by atoms with E-state index in [-0.39, 0.29) is 12.4 Å². The van der Waals surface area contributed by atoms with E-state index < -0.39 is 5.92 Å². The van der Waals surface area contributed by atoms with Crippen LogP contribution in [-0.2, 0) is 11.4 Å². The normalized spacial score (nSPS) is 17.7. The molecule has 7 heteroatoms. The van der Waals surface area contributed by atoms with E-state index in [1.54, 1.807) is 24.1 Å². The monoisotopic (exact) mass is 454 g/mol. The number of carbonyl (C=O) groups is 1. The van der Waals surface area contributed by atoms with Gasteiger partial charge < -0.3 is 20.1 Å². The Kier molecular flexibility index (Phi) is 6.56. The lowest BCUT2D eigenvalue weighted by molar-refractivity contribution is -0.116. The average Bonchev–Trinajstić information content (AvgIpc) is 2.86. The van der Waals surface area contributed by atoms with Crippen molar-refractivity contribution in [1.29, 1.82) is 10.5 Å². The Labute approximate surface area is 199 Å². The van der Waals surface area contributed by atoms with Gasteiger partial charge in [0.25, 0.3) is 0 Å². The first kappa shape index (κ1) is 22.9. The zero-order valence-corrected chi connectivity index (χ0v) is 19.3. The smallest absolute Gasteiger partial charge is 0.161 e. The molecule has 2 aromatic rings. The third kappa shape index (κ3) is 4.09. The van der Waals surface area contributed by atoms with Gasteiger partial charge in [-0.25, -0.2) is 0 Å². The van der Waals surface area contributed by atoms with E-state index in [9.17, 15) is 15.3 Å². The number of rotatable bonds is 6. The number of allylic oxidation sites excluding steroid dienone is 3. The number of nitrogens with two attached hydrogens (primary N) is 1. The molecule has 0 radical (unpaired) electrons. The predicted molar refractivity (Wildman–Crippen MR) is 126 cm³/mol. The van der Waals surface area contributed by atoms with Crippen molar-refractivity contribution in [2.75, 3.05) is 13.7 Å². The van der Waals surface area contributed by atoms with Crippen LogP contribution in [0.2, 0.25) is 0 Å². The lowest BCUT2D eigenvalue weighted by Crippen LogP contribution is -2.36. The summed E-state index contributed by atoms with van der Waals surface area (Å²) in [5.74, 6) is 0.897. The molecule has 4 rings (SSSR count). The third-order valence-corrected chi connectivity index (χ3v) is 6.29. The molecule has 7 nitrogen and oxygen atoms in total. The highest BCUT2D eigenvalue weighted by atomic mass is 16.5. The molecule has 2 aliphatic rings. The summed E-state index contributed by atoms with van der Waals surface area (Å²) < 4.78 is 11.9. The summed E-state index contributed by atoms with van der Waals surface area (Å²) in [6.45, 7) is 2.50. The van der Waals surface area contributed by atoms with Gasteiger partial charge in [0.15, 0.2) is 17.3 Å². The van der Waals surface area contributed by atoms with Gasteiger partial charge in [-0.15, -0.1) is 0 Å². The Bertz CT molecular complexity index is 1280. The summed E-state index contributed by atoms with van der Waals surface area (Å²) in [7, 11) is 1.80. The molecule has 1 aliphatic carbocycles. The van der Waals surface area contributed by atoms with Crippen LogP contribution < -0.4 is 15.2 Å². The maximum absolute atomic E-state index is 13.0. The van der Waals surface area contributed by atoms with Crippen LogP contribution in [-0.4, -0.2) is 24.3 Å². The number of Topliss-reactive ketones (excluding diaryl/α,β-unsaturated/α-hetero) is 1. The molecule has 0 bridgehead atoms. The molecule has 2 aromatic carbocycles. The van der Waals surface area contributed by atoms with Gasteiger partial charge in [0.1, 0.15) is 12.4 Å². The fraction of sp³-hybridized carbons (Fsp3) is 0.296. The fourth-order valence-electron chi connectivity index (χ4n) is 4.60. The minimum absolute atomic E-state index is 0.0461. The summed E-state index contributed by atoms with van der Waals surface area (Å²) in [5, 5.41) is 19.3. The summed E-state index contributed by atoms with van der Waals surface area (Å²) in [5.41, 5.74) is 10.3. The molecule has 1 heterocycles. The summed E-state index contributed by atoms with van der Waals surface area (Å²) in [4.78, 5) is 14.8. The van der Waals surface area contributed by atoms with Gasteiger partial charge in [-0.1, -0.05) is 24.3 Å². The highest BCUT2D eigenvalue weighted by molar-refractivity contribution is 5.99. The third-order valence-electron chi connectivity index (χ3n) is 6.29. The molecule has 172 valence electrons. The minimum atomic E-state index is -0.545. The highest BCUT2D eigenvalue weighted by Gasteiger charge is 2.38. The summed E-state index contributed by atoms with van der Waals surface area (Å²) in [6, 6.07) is 17.1. The van der Waals surface area contributed by atoms with E-state index in [4.69, 9.17) is 15.2 Å². The minimum Gasteiger partial charge on any atom is -0.490 e. The van der Waals surface area contributed by atoms with Gasteiger partial charge in [-0.3, -0.25) is 4.79 Å². The van der Waals surface area contributed by atoms with Crippen LogP contribution in [0, 0.1) is 22.7 Å². The molecule has 1 atom stereocenters. The largest absolute Gasteiger partial charge is 0.490 e. The second kappa shape index (κ2) is 9.72. The molecule has 0 saturated carbocycles. The lowest BCUT2D eigenvalue weighted by Gasteiger charge is -2.37. The number of carbonyl (C=O) groups excluding carboxylic acids is 1. The number of nitrogens with zero attached hydrogens (tertiary/aromatic N) is 3. The van der Waals surface area contributed by atoms with Crippen molar-refractivity contribution in [1.82, 2.24) is 4.90 Å². The van der Waals surface area contributed by atoms with Crippen molar-refractivity contribution < 1.29 is 14.3 Å². The number of benzene rings is 2. The molecule has 34 heavy (non-hydrogen) atoms. The molecule has 2 N–H and O–H groups in total. The molecular formula is C27H26N4O3. The zero-order valence-electron chi connectivity index (χ0n) is 19.3. The summed E-state index contributed by atoms with van der Waals surface area (Å²) in [6.07, 6.45) is 1.97. The van der Waals surface area contributed by atoms with Crippen molar-refractivity contribution in [2.24, 2.45) is 5.73 Å². The van der Waals surface area contributed by atoms with Crippen LogP contribution in [0.3, 0.4) is 0 Å². The zero-order chi connectivity index (χ0) is 24.2. The Morgan fingerprint density at radius 3 is 2.62 bits per heavy atom. The van der Waals surface area contributed by atoms with E-state index >= 15 is 0 Å². The van der Waals surface area contributed by atoms with Crippen LogP contribution in [0.15, 0.2) is 65.1 Å². The number of hydrogen-bond donors (Lipinski definition) is 1. The van der Waals surface area contributed by atoms with Crippen LogP contribution in [0.1, 0.15) is 48.8 Å². The van der Waals surface area contributed by atoms with Crippen LogP contribution >= 0.6 is 0 Å². The van der Waals surface area contributed by atoms with Crippen LogP contribution in [0.5, 0.6) is 11.5 Å². The maximum Gasteiger partial charge on any atom is 0.161 e. The van der Waals surface area contributed by atoms with E-state index in [1.165, 1.54) is 0 Å². The Morgan fingerprint density at radius 1 is 1.09 bits per heavy atom. The van der Waals surface area contributed by atoms with Gasteiger partial charge in [-0.2, -0.15) is 10.5 Å². The van der Waals surface area contributed by atoms with Gasteiger partial charge in [0.05, 0.1) is 35.8 Å². The Morgan fingerprint density at radius 2 is 1.88 bits per heavy atom. The van der Waals surface area contributed by atoms with Crippen molar-refractivity contribution in [3.8, 4) is 23.6 Å².